The highest BCUT2D eigenvalue weighted by atomic mass is 32.1. The van der Waals surface area contributed by atoms with E-state index in [1.165, 1.54) is 22.7 Å². The van der Waals surface area contributed by atoms with Gasteiger partial charge in [-0.2, -0.15) is 0 Å². The minimum absolute atomic E-state index is 0.201. The van der Waals surface area contributed by atoms with Crippen LogP contribution in [0.5, 0.6) is 0 Å². The van der Waals surface area contributed by atoms with E-state index < -0.39 is 0 Å². The molecule has 1 aromatic heterocycles. The Hall–Kier alpha value is -0.380. The molecule has 3 rings (SSSR count). The van der Waals surface area contributed by atoms with E-state index in [2.05, 4.69) is 24.0 Å². The van der Waals surface area contributed by atoms with Gasteiger partial charge < -0.3 is 5.73 Å². The maximum absolute atomic E-state index is 6.16. The summed E-state index contributed by atoms with van der Waals surface area (Å²) in [6.45, 7) is 5.59. The molecule has 1 aliphatic heterocycles. The van der Waals surface area contributed by atoms with E-state index in [4.69, 9.17) is 5.73 Å². The Morgan fingerprint density at radius 2 is 2.50 bits per heavy atom. The number of fused-ring (bicyclic) bond motifs is 1. The van der Waals surface area contributed by atoms with Crippen LogP contribution >= 0.6 is 11.3 Å². The molecule has 0 bridgehead atoms. The molecule has 0 amide bonds. The van der Waals surface area contributed by atoms with Crippen molar-refractivity contribution in [1.82, 2.24) is 4.90 Å². The van der Waals surface area contributed by atoms with Crippen molar-refractivity contribution in [2.45, 2.75) is 25.4 Å². The molecule has 2 N–H and O–H groups in total. The van der Waals surface area contributed by atoms with Gasteiger partial charge in [0.05, 0.1) is 0 Å². The van der Waals surface area contributed by atoms with Crippen molar-refractivity contribution >= 4 is 11.3 Å². The van der Waals surface area contributed by atoms with Crippen molar-refractivity contribution in [1.29, 1.82) is 0 Å². The molecule has 0 spiro atoms. The fourth-order valence-electron chi connectivity index (χ4n) is 2.54. The van der Waals surface area contributed by atoms with Crippen LogP contribution in [0.1, 0.15) is 16.2 Å². The summed E-state index contributed by atoms with van der Waals surface area (Å²) < 4.78 is 0. The largest absolute Gasteiger partial charge is 0.324 e. The number of likely N-dealkylation sites (tertiary alicyclic amines) is 1. The van der Waals surface area contributed by atoms with E-state index in [1.54, 1.807) is 0 Å². The lowest BCUT2D eigenvalue weighted by Gasteiger charge is -2.17. The summed E-state index contributed by atoms with van der Waals surface area (Å²) in [7, 11) is 0. The first kappa shape index (κ1) is 8.89. The van der Waals surface area contributed by atoms with Crippen LogP contribution in [0.2, 0.25) is 0 Å². The van der Waals surface area contributed by atoms with Gasteiger partial charge in [0.25, 0.3) is 0 Å². The Morgan fingerprint density at radius 1 is 1.64 bits per heavy atom. The molecule has 2 heterocycles. The van der Waals surface area contributed by atoms with Crippen molar-refractivity contribution in [3.8, 4) is 0 Å². The van der Waals surface area contributed by atoms with Gasteiger partial charge in [-0.05, 0) is 31.4 Å². The molecule has 76 valence electrons. The number of nitrogens with two attached hydrogens (primary N) is 1. The summed E-state index contributed by atoms with van der Waals surface area (Å²) in [6.07, 6.45) is 1.26. The number of hydrogen-bond donors (Lipinski definition) is 1. The molecule has 1 saturated heterocycles. The second kappa shape index (κ2) is 2.81. The molecule has 0 aromatic carbocycles. The zero-order valence-corrected chi connectivity index (χ0v) is 9.31. The van der Waals surface area contributed by atoms with Gasteiger partial charge in [0, 0.05) is 34.9 Å². The molecular formula is C11H16N2S. The zero-order chi connectivity index (χ0) is 9.76. The third-order valence-electron chi connectivity index (χ3n) is 3.45. The summed E-state index contributed by atoms with van der Waals surface area (Å²) >= 11 is 1.91. The van der Waals surface area contributed by atoms with Crippen LogP contribution in [-0.2, 0) is 6.54 Å². The third-order valence-corrected chi connectivity index (χ3v) is 4.44. The van der Waals surface area contributed by atoms with Crippen molar-refractivity contribution in [2.75, 3.05) is 13.1 Å². The molecule has 3 heteroatoms. The Kier molecular flexibility index (Phi) is 1.79. The van der Waals surface area contributed by atoms with Crippen molar-refractivity contribution in [2.24, 2.45) is 11.7 Å². The minimum Gasteiger partial charge on any atom is -0.324 e. The van der Waals surface area contributed by atoms with E-state index in [9.17, 15) is 0 Å². The van der Waals surface area contributed by atoms with Crippen molar-refractivity contribution in [3.05, 3.63) is 21.9 Å². The molecule has 1 saturated carbocycles. The molecule has 1 aromatic rings. The predicted molar refractivity (Wildman–Crippen MR) is 59.4 cm³/mol. The van der Waals surface area contributed by atoms with Gasteiger partial charge in [-0.3, -0.25) is 4.90 Å². The van der Waals surface area contributed by atoms with Gasteiger partial charge in [-0.25, -0.2) is 0 Å². The van der Waals surface area contributed by atoms with Gasteiger partial charge >= 0.3 is 0 Å². The Balaban J connectivity index is 1.64. The number of rotatable bonds is 2. The van der Waals surface area contributed by atoms with Crippen LogP contribution in [-0.4, -0.2) is 23.5 Å². The summed E-state index contributed by atoms with van der Waals surface area (Å²) in [5.74, 6) is 0.795. The van der Waals surface area contributed by atoms with Gasteiger partial charge in [0.1, 0.15) is 0 Å². The van der Waals surface area contributed by atoms with E-state index in [1.807, 2.05) is 11.3 Å². The van der Waals surface area contributed by atoms with Crippen molar-refractivity contribution in [3.63, 3.8) is 0 Å². The number of aryl methyl sites for hydroxylation is 1. The molecule has 0 radical (unpaired) electrons. The summed E-state index contributed by atoms with van der Waals surface area (Å²) in [6, 6.07) is 4.45. The highest BCUT2D eigenvalue weighted by Gasteiger charge is 2.56. The summed E-state index contributed by atoms with van der Waals surface area (Å²) in [4.78, 5) is 5.39. The molecule has 14 heavy (non-hydrogen) atoms. The normalized spacial score (nSPS) is 36.0. The first-order valence-corrected chi connectivity index (χ1v) is 6.04. The SMILES string of the molecule is Cc1ccc(CN2CC3CC3(N)C2)s1. The summed E-state index contributed by atoms with van der Waals surface area (Å²) in [5.41, 5.74) is 6.36. The Bertz CT molecular complexity index is 360. The average molecular weight is 208 g/mol. The zero-order valence-electron chi connectivity index (χ0n) is 8.49. The topological polar surface area (TPSA) is 29.3 Å². The van der Waals surface area contributed by atoms with Crippen LogP contribution in [0.3, 0.4) is 0 Å². The lowest BCUT2D eigenvalue weighted by atomic mass is 10.3. The highest BCUT2D eigenvalue weighted by Crippen LogP contribution is 2.47. The first-order valence-electron chi connectivity index (χ1n) is 5.22. The smallest absolute Gasteiger partial charge is 0.0328 e. The monoisotopic (exact) mass is 208 g/mol. The second-order valence-corrected chi connectivity index (χ2v) is 6.19. The molecule has 2 nitrogen and oxygen atoms in total. The van der Waals surface area contributed by atoms with Crippen LogP contribution < -0.4 is 5.73 Å². The van der Waals surface area contributed by atoms with Crippen LogP contribution in [0.25, 0.3) is 0 Å². The van der Waals surface area contributed by atoms with Gasteiger partial charge in [0.15, 0.2) is 0 Å². The molecule has 2 fully saturated rings. The number of piperidine rings is 1. The lowest BCUT2D eigenvalue weighted by molar-refractivity contribution is 0.293. The van der Waals surface area contributed by atoms with Crippen LogP contribution in [0.15, 0.2) is 12.1 Å². The maximum Gasteiger partial charge on any atom is 0.0328 e. The van der Waals surface area contributed by atoms with Crippen LogP contribution in [0.4, 0.5) is 0 Å². The number of nitrogens with zero attached hydrogens (tertiary/aromatic N) is 1. The van der Waals surface area contributed by atoms with Crippen molar-refractivity contribution < 1.29 is 0 Å². The Morgan fingerprint density at radius 3 is 3.07 bits per heavy atom. The number of hydrogen-bond acceptors (Lipinski definition) is 3. The Labute approximate surface area is 88.7 Å². The molecule has 2 aliphatic rings. The minimum atomic E-state index is 0.201. The fourth-order valence-corrected chi connectivity index (χ4v) is 3.48. The fraction of sp³-hybridized carbons (Fsp3) is 0.636. The molecular weight excluding hydrogens is 192 g/mol. The predicted octanol–water partition coefficient (Wildman–Crippen LogP) is 1.59. The van der Waals surface area contributed by atoms with E-state index >= 15 is 0 Å². The molecule has 1 aliphatic carbocycles. The van der Waals surface area contributed by atoms with E-state index in [0.29, 0.717) is 0 Å². The van der Waals surface area contributed by atoms with E-state index in [0.717, 1.165) is 19.0 Å². The molecule has 2 atom stereocenters. The number of thiophene rings is 1. The third kappa shape index (κ3) is 1.40. The standard InChI is InChI=1S/C11H16N2S/c1-8-2-3-10(14-8)6-13-5-9-4-11(9,12)7-13/h2-3,9H,4-7,12H2,1H3. The highest BCUT2D eigenvalue weighted by molar-refractivity contribution is 7.11. The van der Waals surface area contributed by atoms with E-state index in [-0.39, 0.29) is 5.54 Å². The van der Waals surface area contributed by atoms with Gasteiger partial charge in [-0.15, -0.1) is 11.3 Å². The quantitative estimate of drug-likeness (QED) is 0.799. The second-order valence-electron chi connectivity index (χ2n) is 4.82. The maximum atomic E-state index is 6.16. The van der Waals surface area contributed by atoms with Crippen LogP contribution in [0, 0.1) is 12.8 Å². The average Bonchev–Trinajstić information content (AvgIpc) is 2.46. The molecule has 2 unspecified atom stereocenters. The van der Waals surface area contributed by atoms with Gasteiger partial charge in [-0.1, -0.05) is 0 Å². The first-order chi connectivity index (χ1) is 6.66. The summed E-state index contributed by atoms with van der Waals surface area (Å²) in [5, 5.41) is 0. The lowest BCUT2D eigenvalue weighted by Crippen LogP contribution is -2.32. The van der Waals surface area contributed by atoms with Gasteiger partial charge in [0.2, 0.25) is 0 Å².